The number of aromatic hydroxyl groups is 1. The number of sulfone groups is 1. The van der Waals surface area contributed by atoms with Crippen LogP contribution in [0.4, 0.5) is 5.69 Å². The first-order valence-corrected chi connectivity index (χ1v) is 10.0. The summed E-state index contributed by atoms with van der Waals surface area (Å²) in [5.41, 5.74) is 2.12. The Kier molecular flexibility index (Phi) is 4.62. The Morgan fingerprint density at radius 2 is 2.04 bits per heavy atom. The quantitative estimate of drug-likeness (QED) is 0.709. The van der Waals surface area contributed by atoms with Crippen LogP contribution < -0.4 is 5.32 Å². The summed E-state index contributed by atoms with van der Waals surface area (Å²) in [6.45, 7) is 3.22. The Balaban J connectivity index is 1.94. The lowest BCUT2D eigenvalue weighted by Crippen LogP contribution is -2.15. The fourth-order valence-corrected chi connectivity index (χ4v) is 4.07. The van der Waals surface area contributed by atoms with Crippen LogP contribution in [0.5, 0.6) is 5.75 Å². The standard InChI is InChI=1S/C18H20N2O5S/c1-3-26(24,25)11-7-8-14(21)13(9-11)20-18(23)17-10(2)16-12(19-17)5-4-6-15(16)22/h7-9,19,21H,3-6H2,1-2H3,(H,20,23). The molecule has 7 nitrogen and oxygen atoms in total. The number of aromatic amines is 1. The molecule has 3 N–H and O–H groups in total. The van der Waals surface area contributed by atoms with E-state index < -0.39 is 15.7 Å². The van der Waals surface area contributed by atoms with Crippen molar-refractivity contribution < 1.29 is 23.1 Å². The van der Waals surface area contributed by atoms with Crippen LogP contribution in [0.3, 0.4) is 0 Å². The lowest BCUT2D eigenvalue weighted by atomic mass is 9.94. The van der Waals surface area contributed by atoms with Gasteiger partial charge in [0.1, 0.15) is 11.4 Å². The van der Waals surface area contributed by atoms with Crippen molar-refractivity contribution >= 4 is 27.2 Å². The molecular formula is C18H20N2O5S. The van der Waals surface area contributed by atoms with Crippen LogP contribution in [0.15, 0.2) is 23.1 Å². The smallest absolute Gasteiger partial charge is 0.272 e. The topological polar surface area (TPSA) is 116 Å². The zero-order valence-corrected chi connectivity index (χ0v) is 15.4. The van der Waals surface area contributed by atoms with E-state index >= 15 is 0 Å². The molecule has 1 aromatic carbocycles. The van der Waals surface area contributed by atoms with E-state index in [9.17, 15) is 23.1 Å². The first kappa shape index (κ1) is 18.2. The number of hydrogen-bond donors (Lipinski definition) is 3. The van der Waals surface area contributed by atoms with E-state index in [-0.39, 0.29) is 33.6 Å². The van der Waals surface area contributed by atoms with Crippen molar-refractivity contribution in [3.05, 3.63) is 40.7 Å². The maximum Gasteiger partial charge on any atom is 0.272 e. The van der Waals surface area contributed by atoms with Crippen LogP contribution in [0.1, 0.15) is 51.9 Å². The maximum atomic E-state index is 12.6. The number of hydrogen-bond acceptors (Lipinski definition) is 5. The number of nitrogens with one attached hydrogen (secondary N) is 2. The molecule has 0 aliphatic heterocycles. The van der Waals surface area contributed by atoms with Gasteiger partial charge in [0.2, 0.25) is 0 Å². The van der Waals surface area contributed by atoms with Gasteiger partial charge in [0, 0.05) is 17.7 Å². The molecule has 2 aromatic rings. The van der Waals surface area contributed by atoms with Gasteiger partial charge in [-0.25, -0.2) is 8.42 Å². The van der Waals surface area contributed by atoms with Crippen molar-refractivity contribution in [2.45, 2.75) is 38.0 Å². The number of H-pyrrole nitrogens is 1. The van der Waals surface area contributed by atoms with Crippen LogP contribution in [-0.2, 0) is 16.3 Å². The molecule has 138 valence electrons. The molecule has 0 unspecified atom stereocenters. The second kappa shape index (κ2) is 6.60. The summed E-state index contributed by atoms with van der Waals surface area (Å²) in [6.07, 6.45) is 1.90. The second-order valence-electron chi connectivity index (χ2n) is 6.29. The normalized spacial score (nSPS) is 14.2. The number of ketones is 1. The largest absolute Gasteiger partial charge is 0.506 e. The van der Waals surface area contributed by atoms with Crippen molar-refractivity contribution in [3.8, 4) is 5.75 Å². The minimum absolute atomic E-state index is 0.00261. The average Bonchev–Trinajstić information content (AvgIpc) is 2.95. The van der Waals surface area contributed by atoms with Crippen LogP contribution >= 0.6 is 0 Å². The Morgan fingerprint density at radius 1 is 1.31 bits per heavy atom. The van der Waals surface area contributed by atoms with Crippen molar-refractivity contribution in [1.29, 1.82) is 0 Å². The first-order chi connectivity index (χ1) is 12.2. The van der Waals surface area contributed by atoms with Crippen LogP contribution in [0, 0.1) is 6.92 Å². The van der Waals surface area contributed by atoms with Gasteiger partial charge in [-0.3, -0.25) is 9.59 Å². The van der Waals surface area contributed by atoms with Gasteiger partial charge in [0.15, 0.2) is 15.6 Å². The molecule has 0 radical (unpaired) electrons. The SMILES string of the molecule is CCS(=O)(=O)c1ccc(O)c(NC(=O)c2[nH]c3c(c2C)C(=O)CCC3)c1. The molecule has 0 saturated carbocycles. The number of benzene rings is 1. The molecule has 0 bridgehead atoms. The molecule has 0 fully saturated rings. The molecule has 26 heavy (non-hydrogen) atoms. The number of carbonyl (C=O) groups excluding carboxylic acids is 2. The Bertz CT molecular complexity index is 1000. The number of carbonyl (C=O) groups is 2. The highest BCUT2D eigenvalue weighted by Gasteiger charge is 2.26. The van der Waals surface area contributed by atoms with Gasteiger partial charge in [-0.15, -0.1) is 0 Å². The van der Waals surface area contributed by atoms with Crippen LogP contribution in [0.2, 0.25) is 0 Å². The predicted octanol–water partition coefficient (Wildman–Crippen LogP) is 2.59. The number of rotatable bonds is 4. The molecule has 0 spiro atoms. The fraction of sp³-hybridized carbons (Fsp3) is 0.333. The number of amides is 1. The lowest BCUT2D eigenvalue weighted by molar-refractivity contribution is 0.0971. The number of phenolic OH excluding ortho intramolecular Hbond substituents is 1. The maximum absolute atomic E-state index is 12.6. The molecule has 0 saturated heterocycles. The van der Waals surface area contributed by atoms with Gasteiger partial charge in [-0.2, -0.15) is 0 Å². The summed E-state index contributed by atoms with van der Waals surface area (Å²) in [5.74, 6) is -0.849. The summed E-state index contributed by atoms with van der Waals surface area (Å²) >= 11 is 0. The number of phenols is 1. The predicted molar refractivity (Wildman–Crippen MR) is 96.6 cm³/mol. The van der Waals surface area contributed by atoms with E-state index in [2.05, 4.69) is 10.3 Å². The zero-order chi connectivity index (χ0) is 19.1. The highest BCUT2D eigenvalue weighted by Crippen LogP contribution is 2.30. The van der Waals surface area contributed by atoms with E-state index in [1.165, 1.54) is 25.1 Å². The summed E-state index contributed by atoms with van der Waals surface area (Å²) in [7, 11) is -3.47. The fourth-order valence-electron chi connectivity index (χ4n) is 3.16. The van der Waals surface area contributed by atoms with E-state index in [0.29, 0.717) is 24.0 Å². The van der Waals surface area contributed by atoms with Gasteiger partial charge in [-0.1, -0.05) is 6.92 Å². The minimum Gasteiger partial charge on any atom is -0.506 e. The number of aryl methyl sites for hydroxylation is 1. The Morgan fingerprint density at radius 3 is 2.69 bits per heavy atom. The molecule has 8 heteroatoms. The minimum atomic E-state index is -3.47. The number of anilines is 1. The third kappa shape index (κ3) is 3.12. The van der Waals surface area contributed by atoms with E-state index in [4.69, 9.17) is 0 Å². The molecule has 1 aromatic heterocycles. The van der Waals surface area contributed by atoms with Crippen molar-refractivity contribution in [1.82, 2.24) is 4.98 Å². The van der Waals surface area contributed by atoms with Gasteiger partial charge >= 0.3 is 0 Å². The first-order valence-electron chi connectivity index (χ1n) is 8.36. The van der Waals surface area contributed by atoms with Gasteiger partial charge in [0.25, 0.3) is 5.91 Å². The molecule has 1 aliphatic rings. The summed E-state index contributed by atoms with van der Waals surface area (Å²) in [5, 5.41) is 12.5. The third-order valence-corrected chi connectivity index (χ3v) is 6.35. The van der Waals surface area contributed by atoms with Crippen LogP contribution in [0.25, 0.3) is 0 Å². The third-order valence-electron chi connectivity index (χ3n) is 4.62. The molecule has 3 rings (SSSR count). The Hall–Kier alpha value is -2.61. The summed E-state index contributed by atoms with van der Waals surface area (Å²) < 4.78 is 24.0. The van der Waals surface area contributed by atoms with Crippen LogP contribution in [-0.4, -0.2) is 36.0 Å². The lowest BCUT2D eigenvalue weighted by Gasteiger charge is -2.10. The van der Waals surface area contributed by atoms with Crippen molar-refractivity contribution in [2.24, 2.45) is 0 Å². The second-order valence-corrected chi connectivity index (χ2v) is 8.57. The molecule has 1 amide bonds. The molecule has 1 heterocycles. The zero-order valence-electron chi connectivity index (χ0n) is 14.5. The van der Waals surface area contributed by atoms with Crippen molar-refractivity contribution in [2.75, 3.05) is 11.1 Å². The van der Waals surface area contributed by atoms with E-state index in [0.717, 1.165) is 12.1 Å². The van der Waals surface area contributed by atoms with Gasteiger partial charge in [-0.05, 0) is 43.5 Å². The highest BCUT2D eigenvalue weighted by molar-refractivity contribution is 7.91. The highest BCUT2D eigenvalue weighted by atomic mass is 32.2. The van der Waals surface area contributed by atoms with E-state index in [1.54, 1.807) is 6.92 Å². The molecular weight excluding hydrogens is 356 g/mol. The average molecular weight is 376 g/mol. The number of fused-ring (bicyclic) bond motifs is 1. The summed E-state index contributed by atoms with van der Waals surface area (Å²) in [4.78, 5) is 27.7. The number of aromatic nitrogens is 1. The number of Topliss-reactive ketones (excluding diaryl/α,β-unsaturated/α-hetero) is 1. The van der Waals surface area contributed by atoms with Gasteiger partial charge in [0.05, 0.1) is 16.3 Å². The van der Waals surface area contributed by atoms with Crippen molar-refractivity contribution in [3.63, 3.8) is 0 Å². The summed E-state index contributed by atoms with van der Waals surface area (Å²) in [6, 6.07) is 3.75. The monoisotopic (exact) mass is 376 g/mol. The molecule has 0 atom stereocenters. The van der Waals surface area contributed by atoms with Gasteiger partial charge < -0.3 is 15.4 Å². The Labute approximate surface area is 151 Å². The molecule has 1 aliphatic carbocycles. The van der Waals surface area contributed by atoms with E-state index in [1.807, 2.05) is 0 Å².